The van der Waals surface area contributed by atoms with E-state index in [-0.39, 0.29) is 6.04 Å². The van der Waals surface area contributed by atoms with Crippen LogP contribution in [0.25, 0.3) is 0 Å². The first-order chi connectivity index (χ1) is 9.13. The molecule has 104 valence electrons. The van der Waals surface area contributed by atoms with Gasteiger partial charge in [0.05, 0.1) is 6.04 Å². The Balaban J connectivity index is 2.33. The second-order valence-electron chi connectivity index (χ2n) is 5.07. The SMILES string of the molecule is CCC(=N)C(c1ccc(Cl)cc1C)N1CCNCC1. The minimum Gasteiger partial charge on any atom is -0.314 e. The van der Waals surface area contributed by atoms with Crippen LogP contribution in [-0.4, -0.2) is 36.8 Å². The van der Waals surface area contributed by atoms with Crippen LogP contribution in [0.3, 0.4) is 0 Å². The summed E-state index contributed by atoms with van der Waals surface area (Å²) in [5.41, 5.74) is 3.18. The van der Waals surface area contributed by atoms with Gasteiger partial charge < -0.3 is 10.7 Å². The van der Waals surface area contributed by atoms with E-state index in [0.29, 0.717) is 0 Å². The van der Waals surface area contributed by atoms with Gasteiger partial charge in [0.15, 0.2) is 0 Å². The molecule has 0 aromatic heterocycles. The second kappa shape index (κ2) is 6.51. The van der Waals surface area contributed by atoms with Crippen molar-refractivity contribution >= 4 is 17.3 Å². The van der Waals surface area contributed by atoms with Crippen molar-refractivity contribution in [1.82, 2.24) is 10.2 Å². The topological polar surface area (TPSA) is 39.1 Å². The third-order valence-electron chi connectivity index (χ3n) is 3.75. The normalized spacial score (nSPS) is 18.3. The molecule has 19 heavy (non-hydrogen) atoms. The molecule has 1 aliphatic heterocycles. The summed E-state index contributed by atoms with van der Waals surface area (Å²) in [6.45, 7) is 8.13. The smallest absolute Gasteiger partial charge is 0.0732 e. The van der Waals surface area contributed by atoms with E-state index in [1.165, 1.54) is 11.1 Å². The van der Waals surface area contributed by atoms with E-state index >= 15 is 0 Å². The monoisotopic (exact) mass is 279 g/mol. The molecule has 1 heterocycles. The molecule has 0 amide bonds. The van der Waals surface area contributed by atoms with Gasteiger partial charge >= 0.3 is 0 Å². The Morgan fingerprint density at radius 1 is 1.42 bits per heavy atom. The summed E-state index contributed by atoms with van der Waals surface area (Å²) in [4.78, 5) is 2.40. The maximum absolute atomic E-state index is 8.32. The van der Waals surface area contributed by atoms with Crippen molar-refractivity contribution in [2.24, 2.45) is 0 Å². The molecule has 0 saturated carbocycles. The first-order valence-electron chi connectivity index (χ1n) is 6.91. The van der Waals surface area contributed by atoms with Gasteiger partial charge in [-0.3, -0.25) is 4.90 Å². The Kier molecular flexibility index (Phi) is 4.97. The van der Waals surface area contributed by atoms with Crippen molar-refractivity contribution in [2.45, 2.75) is 26.3 Å². The van der Waals surface area contributed by atoms with Crippen molar-refractivity contribution in [3.63, 3.8) is 0 Å². The van der Waals surface area contributed by atoms with E-state index < -0.39 is 0 Å². The number of aryl methyl sites for hydroxylation is 1. The molecule has 4 heteroatoms. The fourth-order valence-electron chi connectivity index (χ4n) is 2.68. The van der Waals surface area contributed by atoms with Gasteiger partial charge in [0, 0.05) is 36.9 Å². The van der Waals surface area contributed by atoms with E-state index in [0.717, 1.165) is 43.3 Å². The molecule has 1 atom stereocenters. The van der Waals surface area contributed by atoms with Crippen molar-refractivity contribution in [2.75, 3.05) is 26.2 Å². The van der Waals surface area contributed by atoms with Crippen LogP contribution in [0.15, 0.2) is 18.2 Å². The van der Waals surface area contributed by atoms with Crippen molar-refractivity contribution < 1.29 is 0 Å². The van der Waals surface area contributed by atoms with Gasteiger partial charge in [-0.1, -0.05) is 24.6 Å². The molecule has 0 bridgehead atoms. The molecule has 2 N–H and O–H groups in total. The van der Waals surface area contributed by atoms with Gasteiger partial charge in [-0.25, -0.2) is 0 Å². The maximum Gasteiger partial charge on any atom is 0.0732 e. The van der Waals surface area contributed by atoms with Crippen LogP contribution in [0.4, 0.5) is 0 Å². The molecule has 1 aromatic rings. The Bertz CT molecular complexity index is 453. The van der Waals surface area contributed by atoms with E-state index in [1.54, 1.807) is 0 Å². The Labute approximate surface area is 120 Å². The Morgan fingerprint density at radius 3 is 2.68 bits per heavy atom. The lowest BCUT2D eigenvalue weighted by molar-refractivity contribution is 0.212. The van der Waals surface area contributed by atoms with Crippen LogP contribution in [0.1, 0.15) is 30.5 Å². The summed E-state index contributed by atoms with van der Waals surface area (Å²) in [6, 6.07) is 6.11. The lowest BCUT2D eigenvalue weighted by Crippen LogP contribution is -2.47. The Morgan fingerprint density at radius 2 is 2.11 bits per heavy atom. The maximum atomic E-state index is 8.32. The number of hydrogen-bond acceptors (Lipinski definition) is 3. The third-order valence-corrected chi connectivity index (χ3v) is 3.99. The van der Waals surface area contributed by atoms with Gasteiger partial charge in [-0.15, -0.1) is 0 Å². The molecule has 2 rings (SSSR count). The first kappa shape index (κ1) is 14.5. The predicted octanol–water partition coefficient (Wildman–Crippen LogP) is 3.02. The standard InChI is InChI=1S/C15H22ClN3/c1-3-14(17)15(19-8-6-18-7-9-19)13-5-4-12(16)10-11(13)2/h4-5,10,15,17-18H,3,6-9H2,1-2H3. The molecular formula is C15H22ClN3. The molecule has 3 nitrogen and oxygen atoms in total. The molecular weight excluding hydrogens is 258 g/mol. The second-order valence-corrected chi connectivity index (χ2v) is 5.50. The summed E-state index contributed by atoms with van der Waals surface area (Å²) < 4.78 is 0. The van der Waals surface area contributed by atoms with Crippen LogP contribution in [0.2, 0.25) is 5.02 Å². The summed E-state index contributed by atoms with van der Waals surface area (Å²) in [5, 5.41) is 12.5. The quantitative estimate of drug-likeness (QED) is 0.832. The van der Waals surface area contributed by atoms with Gasteiger partial charge in [0.25, 0.3) is 0 Å². The first-order valence-corrected chi connectivity index (χ1v) is 7.29. The van der Waals surface area contributed by atoms with E-state index in [2.05, 4.69) is 30.1 Å². The Hall–Kier alpha value is -0.900. The molecule has 1 saturated heterocycles. The van der Waals surface area contributed by atoms with Crippen molar-refractivity contribution in [3.8, 4) is 0 Å². The summed E-state index contributed by atoms with van der Waals surface area (Å²) in [7, 11) is 0. The van der Waals surface area contributed by atoms with Crippen LogP contribution < -0.4 is 5.32 Å². The predicted molar refractivity (Wildman–Crippen MR) is 81.4 cm³/mol. The van der Waals surface area contributed by atoms with Gasteiger partial charge in [-0.05, 0) is 36.6 Å². The number of nitrogens with zero attached hydrogens (tertiary/aromatic N) is 1. The van der Waals surface area contributed by atoms with E-state index in [1.807, 2.05) is 12.1 Å². The third kappa shape index (κ3) is 3.35. The zero-order valence-corrected chi connectivity index (χ0v) is 12.4. The molecule has 0 spiro atoms. The van der Waals surface area contributed by atoms with Gasteiger partial charge in [0.1, 0.15) is 0 Å². The molecule has 1 unspecified atom stereocenters. The molecule has 1 aliphatic rings. The average Bonchev–Trinajstić information content (AvgIpc) is 2.42. The number of halogens is 1. The molecule has 1 aromatic carbocycles. The van der Waals surface area contributed by atoms with E-state index in [4.69, 9.17) is 17.0 Å². The van der Waals surface area contributed by atoms with Crippen LogP contribution in [0, 0.1) is 12.3 Å². The number of piperazine rings is 1. The molecule has 1 fully saturated rings. The zero-order chi connectivity index (χ0) is 13.8. The average molecular weight is 280 g/mol. The highest BCUT2D eigenvalue weighted by Crippen LogP contribution is 2.28. The van der Waals surface area contributed by atoms with E-state index in [9.17, 15) is 0 Å². The zero-order valence-electron chi connectivity index (χ0n) is 11.7. The number of benzene rings is 1. The van der Waals surface area contributed by atoms with Crippen LogP contribution in [0.5, 0.6) is 0 Å². The lowest BCUT2D eigenvalue weighted by atomic mass is 9.94. The van der Waals surface area contributed by atoms with Gasteiger partial charge in [-0.2, -0.15) is 0 Å². The van der Waals surface area contributed by atoms with Crippen LogP contribution in [-0.2, 0) is 0 Å². The number of hydrogen-bond donors (Lipinski definition) is 2. The summed E-state index contributed by atoms with van der Waals surface area (Å²) in [5.74, 6) is 0. The lowest BCUT2D eigenvalue weighted by Gasteiger charge is -2.36. The minimum atomic E-state index is 0.101. The highest BCUT2D eigenvalue weighted by Gasteiger charge is 2.26. The molecule has 0 aliphatic carbocycles. The highest BCUT2D eigenvalue weighted by molar-refractivity contribution is 6.30. The van der Waals surface area contributed by atoms with Gasteiger partial charge in [0.2, 0.25) is 0 Å². The summed E-state index contributed by atoms with van der Waals surface area (Å²) in [6.07, 6.45) is 0.788. The van der Waals surface area contributed by atoms with Crippen LogP contribution >= 0.6 is 11.6 Å². The fraction of sp³-hybridized carbons (Fsp3) is 0.533. The molecule has 0 radical (unpaired) electrons. The highest BCUT2D eigenvalue weighted by atomic mass is 35.5. The number of nitrogens with one attached hydrogen (secondary N) is 2. The largest absolute Gasteiger partial charge is 0.314 e. The number of rotatable bonds is 4. The van der Waals surface area contributed by atoms with Crippen molar-refractivity contribution in [1.29, 1.82) is 5.41 Å². The van der Waals surface area contributed by atoms with Crippen molar-refractivity contribution in [3.05, 3.63) is 34.3 Å². The summed E-state index contributed by atoms with van der Waals surface area (Å²) >= 11 is 6.04. The fourth-order valence-corrected chi connectivity index (χ4v) is 2.91. The minimum absolute atomic E-state index is 0.101.